The molecule has 0 saturated heterocycles. The van der Waals surface area contributed by atoms with Crippen LogP contribution in [0.25, 0.3) is 82.1 Å². The van der Waals surface area contributed by atoms with Gasteiger partial charge in [-0.1, -0.05) is 103 Å². The largest absolute Gasteiger partial charge is 0.455 e. The van der Waals surface area contributed by atoms with E-state index in [1.54, 1.807) is 0 Å². The van der Waals surface area contributed by atoms with E-state index in [1.807, 2.05) is 12.1 Å². The molecule has 3 heterocycles. The van der Waals surface area contributed by atoms with Crippen molar-refractivity contribution in [1.82, 2.24) is 4.57 Å². The Morgan fingerprint density at radius 3 is 1.94 bits per heavy atom. The van der Waals surface area contributed by atoms with Gasteiger partial charge in [-0.25, -0.2) is 0 Å². The highest BCUT2D eigenvalue weighted by molar-refractivity contribution is 6.17. The number of anilines is 3. The molecular formula is C46H28N2O2. The van der Waals surface area contributed by atoms with Crippen molar-refractivity contribution in [2.24, 2.45) is 0 Å². The Labute approximate surface area is 286 Å². The van der Waals surface area contributed by atoms with Gasteiger partial charge in [0.15, 0.2) is 5.58 Å². The second-order valence-electron chi connectivity index (χ2n) is 12.9. The van der Waals surface area contributed by atoms with E-state index in [-0.39, 0.29) is 0 Å². The van der Waals surface area contributed by atoms with E-state index in [4.69, 9.17) is 8.83 Å². The number of hydrogen-bond acceptors (Lipinski definition) is 3. The fraction of sp³-hybridized carbons (Fsp3) is 0. The number of para-hydroxylation sites is 4. The van der Waals surface area contributed by atoms with E-state index in [1.165, 1.54) is 21.7 Å². The Morgan fingerprint density at radius 2 is 1.02 bits per heavy atom. The fourth-order valence-corrected chi connectivity index (χ4v) is 7.92. The molecule has 0 atom stereocenters. The molecule has 0 aliphatic heterocycles. The molecule has 0 aliphatic rings. The topological polar surface area (TPSA) is 34.5 Å². The Hall–Kier alpha value is -6.78. The maximum absolute atomic E-state index is 6.66. The van der Waals surface area contributed by atoms with Gasteiger partial charge in [0.1, 0.15) is 16.7 Å². The zero-order valence-corrected chi connectivity index (χ0v) is 26.9. The van der Waals surface area contributed by atoms with Crippen LogP contribution < -0.4 is 4.90 Å². The first-order valence-electron chi connectivity index (χ1n) is 16.9. The van der Waals surface area contributed by atoms with E-state index >= 15 is 0 Å². The Balaban J connectivity index is 1.21. The minimum absolute atomic E-state index is 0.848. The minimum Gasteiger partial charge on any atom is -0.455 e. The molecule has 0 bridgehead atoms. The monoisotopic (exact) mass is 640 g/mol. The SMILES string of the molecule is c1ccc(-n2c3ccccc3c3ccc(N(c4ccc5oc6c7ccccc7ccc6c5c4)c4cccc5c4oc4ccccc45)cc32)cc1. The lowest BCUT2D eigenvalue weighted by Crippen LogP contribution is -2.10. The van der Waals surface area contributed by atoms with E-state index in [0.717, 1.165) is 77.5 Å². The van der Waals surface area contributed by atoms with Gasteiger partial charge in [-0.2, -0.15) is 0 Å². The predicted molar refractivity (Wildman–Crippen MR) is 208 cm³/mol. The fourth-order valence-electron chi connectivity index (χ4n) is 7.92. The first-order valence-corrected chi connectivity index (χ1v) is 16.9. The second-order valence-corrected chi connectivity index (χ2v) is 12.9. The quantitative estimate of drug-likeness (QED) is 0.192. The molecule has 0 amide bonds. The average molecular weight is 641 g/mol. The highest BCUT2D eigenvalue weighted by atomic mass is 16.3. The molecule has 3 aromatic heterocycles. The molecule has 11 aromatic rings. The van der Waals surface area contributed by atoms with Crippen molar-refractivity contribution in [1.29, 1.82) is 0 Å². The van der Waals surface area contributed by atoms with Crippen LogP contribution in [0.4, 0.5) is 17.1 Å². The molecule has 50 heavy (non-hydrogen) atoms. The minimum atomic E-state index is 0.848. The zero-order chi connectivity index (χ0) is 32.8. The predicted octanol–water partition coefficient (Wildman–Crippen LogP) is 13.2. The van der Waals surface area contributed by atoms with Crippen LogP contribution in [-0.4, -0.2) is 4.57 Å². The van der Waals surface area contributed by atoms with Crippen LogP contribution in [0, 0.1) is 0 Å². The van der Waals surface area contributed by atoms with Crippen LogP contribution >= 0.6 is 0 Å². The Kier molecular flexibility index (Phi) is 5.63. The van der Waals surface area contributed by atoms with Crippen molar-refractivity contribution in [3.05, 3.63) is 170 Å². The normalized spacial score (nSPS) is 12.0. The van der Waals surface area contributed by atoms with Crippen molar-refractivity contribution in [2.45, 2.75) is 0 Å². The van der Waals surface area contributed by atoms with Crippen LogP contribution in [0.3, 0.4) is 0 Å². The van der Waals surface area contributed by atoms with E-state index in [0.29, 0.717) is 0 Å². The van der Waals surface area contributed by atoms with Gasteiger partial charge < -0.3 is 18.3 Å². The smallest absolute Gasteiger partial charge is 0.159 e. The van der Waals surface area contributed by atoms with Gasteiger partial charge in [-0.3, -0.25) is 0 Å². The van der Waals surface area contributed by atoms with Crippen LogP contribution in [-0.2, 0) is 0 Å². The molecule has 0 unspecified atom stereocenters. The third-order valence-electron chi connectivity index (χ3n) is 10.2. The van der Waals surface area contributed by atoms with Gasteiger partial charge >= 0.3 is 0 Å². The van der Waals surface area contributed by atoms with Crippen LogP contribution in [0.1, 0.15) is 0 Å². The summed E-state index contributed by atoms with van der Waals surface area (Å²) < 4.78 is 15.6. The van der Waals surface area contributed by atoms with Crippen LogP contribution in [0.15, 0.2) is 179 Å². The van der Waals surface area contributed by atoms with Gasteiger partial charge in [0, 0.05) is 54.8 Å². The summed E-state index contributed by atoms with van der Waals surface area (Å²) in [6.07, 6.45) is 0. The van der Waals surface area contributed by atoms with Gasteiger partial charge in [0.05, 0.1) is 16.7 Å². The molecule has 4 heteroatoms. The van der Waals surface area contributed by atoms with Crippen LogP contribution in [0.5, 0.6) is 0 Å². The van der Waals surface area contributed by atoms with Crippen LogP contribution in [0.2, 0.25) is 0 Å². The molecule has 0 radical (unpaired) electrons. The maximum Gasteiger partial charge on any atom is 0.159 e. The highest BCUT2D eigenvalue weighted by Crippen LogP contribution is 2.45. The summed E-state index contributed by atoms with van der Waals surface area (Å²) in [7, 11) is 0. The third-order valence-corrected chi connectivity index (χ3v) is 10.2. The van der Waals surface area contributed by atoms with Crippen molar-refractivity contribution < 1.29 is 8.83 Å². The number of benzene rings is 8. The molecule has 0 fully saturated rings. The van der Waals surface area contributed by atoms with Gasteiger partial charge in [-0.15, -0.1) is 0 Å². The zero-order valence-electron chi connectivity index (χ0n) is 26.9. The average Bonchev–Trinajstić information content (AvgIpc) is 3.85. The van der Waals surface area contributed by atoms with Gasteiger partial charge in [0.2, 0.25) is 0 Å². The third kappa shape index (κ3) is 3.87. The molecule has 4 nitrogen and oxygen atoms in total. The standard InChI is InChI=1S/C46H28N2O2/c1-2-12-30(13-3-1)48-40-18-8-6-15-34(40)35-25-22-32(28-42(35)48)47(41-19-10-17-37-36-16-7-9-20-43(36)50-46(37)41)31-23-26-44-39(27-31)38-24-21-29-11-4-5-14-33(29)45(38)49-44/h1-28H. The number of nitrogens with zero attached hydrogens (tertiary/aromatic N) is 2. The number of fused-ring (bicyclic) bond motifs is 11. The molecule has 234 valence electrons. The second kappa shape index (κ2) is 10.4. The lowest BCUT2D eigenvalue weighted by atomic mass is 10.0. The summed E-state index contributed by atoms with van der Waals surface area (Å²) in [6, 6.07) is 60.1. The molecule has 11 rings (SSSR count). The molecular weight excluding hydrogens is 613 g/mol. The summed E-state index contributed by atoms with van der Waals surface area (Å²) in [6.45, 7) is 0. The molecule has 0 aliphatic carbocycles. The lowest BCUT2D eigenvalue weighted by Gasteiger charge is -2.26. The summed E-state index contributed by atoms with van der Waals surface area (Å²) in [5.74, 6) is 0. The Bertz CT molecular complexity index is 3110. The van der Waals surface area contributed by atoms with Crippen molar-refractivity contribution >= 4 is 93.5 Å². The van der Waals surface area contributed by atoms with E-state index in [9.17, 15) is 0 Å². The van der Waals surface area contributed by atoms with Crippen molar-refractivity contribution in [3.8, 4) is 5.69 Å². The first-order chi connectivity index (χ1) is 24.8. The van der Waals surface area contributed by atoms with E-state index < -0.39 is 0 Å². The van der Waals surface area contributed by atoms with Crippen molar-refractivity contribution in [3.63, 3.8) is 0 Å². The van der Waals surface area contributed by atoms with E-state index in [2.05, 4.69) is 167 Å². The summed E-state index contributed by atoms with van der Waals surface area (Å²) in [5.41, 5.74) is 9.95. The molecule has 0 N–H and O–H groups in total. The number of rotatable bonds is 4. The molecule has 8 aromatic carbocycles. The molecule has 0 spiro atoms. The maximum atomic E-state index is 6.66. The summed E-state index contributed by atoms with van der Waals surface area (Å²) in [5, 5.41) is 9.08. The lowest BCUT2D eigenvalue weighted by molar-refractivity contribution is 0.669. The van der Waals surface area contributed by atoms with Gasteiger partial charge in [-0.05, 0) is 72.1 Å². The Morgan fingerprint density at radius 1 is 0.380 bits per heavy atom. The first kappa shape index (κ1) is 27.2. The number of furan rings is 2. The van der Waals surface area contributed by atoms with Gasteiger partial charge in [0.25, 0.3) is 0 Å². The summed E-state index contributed by atoms with van der Waals surface area (Å²) >= 11 is 0. The number of aromatic nitrogens is 1. The summed E-state index contributed by atoms with van der Waals surface area (Å²) in [4.78, 5) is 2.33. The molecule has 0 saturated carbocycles. The highest BCUT2D eigenvalue weighted by Gasteiger charge is 2.22. The van der Waals surface area contributed by atoms with Crippen molar-refractivity contribution in [2.75, 3.05) is 4.90 Å². The number of hydrogen-bond donors (Lipinski definition) is 0.